The van der Waals surface area contributed by atoms with Crippen molar-refractivity contribution in [1.82, 2.24) is 10.3 Å². The van der Waals surface area contributed by atoms with E-state index in [4.69, 9.17) is 0 Å². The molecule has 0 aliphatic rings. The van der Waals surface area contributed by atoms with Crippen LogP contribution in [0.4, 0.5) is 0 Å². The Morgan fingerprint density at radius 3 is 2.14 bits per heavy atom. The van der Waals surface area contributed by atoms with Gasteiger partial charge in [0.15, 0.2) is 0 Å². The summed E-state index contributed by atoms with van der Waals surface area (Å²) in [6.07, 6.45) is 1.64. The molecule has 140 valence electrons. The van der Waals surface area contributed by atoms with Crippen molar-refractivity contribution in [2.24, 2.45) is 0 Å². The summed E-state index contributed by atoms with van der Waals surface area (Å²) in [7, 11) is 0. The Bertz CT molecular complexity index is 1160. The second-order valence-electron chi connectivity index (χ2n) is 6.70. The summed E-state index contributed by atoms with van der Waals surface area (Å²) in [4.78, 5) is 14.8. The van der Waals surface area contributed by atoms with Crippen LogP contribution in [0.5, 0.6) is 11.5 Å². The molecular weight excluding hydrogens is 352 g/mol. The molecule has 0 fully saturated rings. The van der Waals surface area contributed by atoms with Gasteiger partial charge in [-0.1, -0.05) is 42.5 Å². The van der Waals surface area contributed by atoms with Gasteiger partial charge in [0.25, 0.3) is 5.56 Å². The molecule has 4 rings (SSSR count). The first kappa shape index (κ1) is 17.8. The number of phenols is 2. The van der Waals surface area contributed by atoms with Crippen molar-refractivity contribution in [3.05, 3.63) is 94.4 Å². The molecule has 28 heavy (non-hydrogen) atoms. The number of H-pyrrole nitrogens is 1. The Morgan fingerprint density at radius 1 is 0.821 bits per heavy atom. The van der Waals surface area contributed by atoms with Crippen molar-refractivity contribution in [3.63, 3.8) is 0 Å². The van der Waals surface area contributed by atoms with Crippen molar-refractivity contribution in [2.45, 2.75) is 13.1 Å². The second kappa shape index (κ2) is 7.58. The van der Waals surface area contributed by atoms with E-state index in [0.29, 0.717) is 23.9 Å². The number of aromatic nitrogens is 1. The topological polar surface area (TPSA) is 85.4 Å². The largest absolute Gasteiger partial charge is 0.508 e. The Hall–Kier alpha value is -3.57. The highest BCUT2D eigenvalue weighted by Gasteiger charge is 2.10. The number of pyridine rings is 1. The minimum absolute atomic E-state index is 0.0956. The van der Waals surface area contributed by atoms with Crippen LogP contribution < -0.4 is 10.9 Å². The van der Waals surface area contributed by atoms with Crippen LogP contribution in [-0.2, 0) is 13.1 Å². The quantitative estimate of drug-likeness (QED) is 0.428. The van der Waals surface area contributed by atoms with E-state index in [1.807, 2.05) is 36.4 Å². The highest BCUT2D eigenvalue weighted by atomic mass is 16.3. The van der Waals surface area contributed by atoms with Crippen molar-refractivity contribution < 1.29 is 10.2 Å². The van der Waals surface area contributed by atoms with Gasteiger partial charge < -0.3 is 20.5 Å². The van der Waals surface area contributed by atoms with Crippen molar-refractivity contribution >= 4 is 10.8 Å². The second-order valence-corrected chi connectivity index (χ2v) is 6.70. The zero-order valence-corrected chi connectivity index (χ0v) is 15.1. The zero-order valence-electron chi connectivity index (χ0n) is 15.1. The monoisotopic (exact) mass is 372 g/mol. The average Bonchev–Trinajstić information content (AvgIpc) is 2.71. The van der Waals surface area contributed by atoms with Crippen LogP contribution >= 0.6 is 0 Å². The van der Waals surface area contributed by atoms with Crippen molar-refractivity contribution in [3.8, 4) is 22.6 Å². The lowest BCUT2D eigenvalue weighted by Gasteiger charge is -2.10. The first-order valence-corrected chi connectivity index (χ1v) is 9.03. The number of nitrogens with one attached hydrogen (secondary N) is 2. The van der Waals surface area contributed by atoms with Gasteiger partial charge in [-0.2, -0.15) is 0 Å². The van der Waals surface area contributed by atoms with Crippen LogP contribution in [-0.4, -0.2) is 15.2 Å². The smallest absolute Gasteiger partial charge is 0.255 e. The Morgan fingerprint density at radius 2 is 1.46 bits per heavy atom. The van der Waals surface area contributed by atoms with Crippen LogP contribution in [0.25, 0.3) is 21.9 Å². The van der Waals surface area contributed by atoms with Gasteiger partial charge >= 0.3 is 0 Å². The third kappa shape index (κ3) is 3.61. The summed E-state index contributed by atoms with van der Waals surface area (Å²) >= 11 is 0. The van der Waals surface area contributed by atoms with Gasteiger partial charge in [-0.15, -0.1) is 0 Å². The van der Waals surface area contributed by atoms with Gasteiger partial charge in [-0.25, -0.2) is 0 Å². The fourth-order valence-corrected chi connectivity index (χ4v) is 3.29. The van der Waals surface area contributed by atoms with Gasteiger partial charge in [0.05, 0.1) is 5.39 Å². The molecule has 4 aromatic rings. The predicted octanol–water partition coefficient (Wildman–Crippen LogP) is 3.90. The Balaban J connectivity index is 1.52. The lowest BCUT2D eigenvalue weighted by Crippen LogP contribution is -2.12. The number of phenolic OH excluding ortho intramolecular Hbond substituents is 2. The van der Waals surface area contributed by atoms with E-state index in [9.17, 15) is 15.0 Å². The van der Waals surface area contributed by atoms with E-state index in [1.165, 1.54) is 0 Å². The number of aromatic hydroxyl groups is 2. The molecule has 1 heterocycles. The number of hydrogen-bond acceptors (Lipinski definition) is 4. The maximum atomic E-state index is 12.0. The van der Waals surface area contributed by atoms with Crippen LogP contribution in [0.1, 0.15) is 11.1 Å². The summed E-state index contributed by atoms with van der Waals surface area (Å²) in [5.41, 5.74) is 3.72. The molecule has 0 aliphatic carbocycles. The molecule has 3 aromatic carbocycles. The predicted molar refractivity (Wildman–Crippen MR) is 110 cm³/mol. The zero-order chi connectivity index (χ0) is 19.5. The highest BCUT2D eigenvalue weighted by molar-refractivity contribution is 5.99. The summed E-state index contributed by atoms with van der Waals surface area (Å²) in [6.45, 7) is 1.42. The van der Waals surface area contributed by atoms with Crippen molar-refractivity contribution in [1.29, 1.82) is 0 Å². The van der Waals surface area contributed by atoms with Crippen molar-refractivity contribution in [2.75, 3.05) is 0 Å². The fourth-order valence-electron chi connectivity index (χ4n) is 3.29. The van der Waals surface area contributed by atoms with Crippen LogP contribution in [0, 0.1) is 0 Å². The normalized spacial score (nSPS) is 11.0. The molecule has 0 saturated heterocycles. The Labute approximate surface area is 161 Å². The van der Waals surface area contributed by atoms with Gasteiger partial charge in [0.1, 0.15) is 11.5 Å². The van der Waals surface area contributed by atoms with E-state index in [0.717, 1.165) is 22.3 Å². The molecule has 0 amide bonds. The molecule has 0 aliphatic heterocycles. The third-order valence-electron chi connectivity index (χ3n) is 4.76. The van der Waals surface area contributed by atoms with Crippen LogP contribution in [0.3, 0.4) is 0 Å². The van der Waals surface area contributed by atoms with Gasteiger partial charge in [-0.05, 0) is 41.0 Å². The lowest BCUT2D eigenvalue weighted by atomic mass is 9.99. The van der Waals surface area contributed by atoms with E-state index in [-0.39, 0.29) is 17.1 Å². The molecule has 0 atom stereocenters. The first-order chi connectivity index (χ1) is 13.6. The van der Waals surface area contributed by atoms with Gasteiger partial charge in [0.2, 0.25) is 0 Å². The standard InChI is InChI=1S/C23H20N2O3/c26-18-10-6-16(7-11-18)13-24-12-15-4-8-17(9-5-15)20-14-25-23(28)19-2-1-3-21(27)22(19)20/h1-11,14,24,26-27H,12-13H2,(H,25,28). The third-order valence-corrected chi connectivity index (χ3v) is 4.76. The number of hydrogen-bond donors (Lipinski definition) is 4. The van der Waals surface area contributed by atoms with E-state index in [2.05, 4.69) is 10.3 Å². The molecule has 0 spiro atoms. The SMILES string of the molecule is O=c1[nH]cc(-c2ccc(CNCc3ccc(O)cc3)cc2)c2c(O)cccc12. The molecule has 0 bridgehead atoms. The highest BCUT2D eigenvalue weighted by Crippen LogP contribution is 2.32. The van der Waals surface area contributed by atoms with E-state index < -0.39 is 0 Å². The number of rotatable bonds is 5. The van der Waals surface area contributed by atoms with Crippen LogP contribution in [0.2, 0.25) is 0 Å². The molecule has 4 N–H and O–H groups in total. The summed E-state index contributed by atoms with van der Waals surface area (Å²) in [5.74, 6) is 0.360. The van der Waals surface area contributed by atoms with Gasteiger partial charge in [0, 0.05) is 30.2 Å². The summed E-state index contributed by atoms with van der Waals surface area (Å²) < 4.78 is 0. The maximum absolute atomic E-state index is 12.0. The molecule has 5 heteroatoms. The molecule has 0 radical (unpaired) electrons. The van der Waals surface area contributed by atoms with Gasteiger partial charge in [-0.3, -0.25) is 4.79 Å². The fraction of sp³-hybridized carbons (Fsp3) is 0.0870. The minimum Gasteiger partial charge on any atom is -0.508 e. The summed E-state index contributed by atoms with van der Waals surface area (Å²) in [6, 6.07) is 20.1. The molecule has 0 saturated carbocycles. The number of fused-ring (bicyclic) bond motifs is 1. The average molecular weight is 372 g/mol. The Kier molecular flexibility index (Phi) is 4.83. The molecule has 1 aromatic heterocycles. The van der Waals surface area contributed by atoms with Crippen LogP contribution in [0.15, 0.2) is 77.7 Å². The summed E-state index contributed by atoms with van der Waals surface area (Å²) in [5, 5.41) is 24.0. The first-order valence-electron chi connectivity index (χ1n) is 9.03. The number of aromatic amines is 1. The number of benzene rings is 3. The molecule has 5 nitrogen and oxygen atoms in total. The molecule has 0 unspecified atom stereocenters. The molecular formula is C23H20N2O3. The lowest BCUT2D eigenvalue weighted by molar-refractivity contribution is 0.475. The van der Waals surface area contributed by atoms with E-state index in [1.54, 1.807) is 36.5 Å². The van der Waals surface area contributed by atoms with E-state index >= 15 is 0 Å². The maximum Gasteiger partial charge on any atom is 0.255 e. The minimum atomic E-state index is -0.218.